The lowest BCUT2D eigenvalue weighted by molar-refractivity contribution is -0.384. The maximum Gasteiger partial charge on any atom is 0.269 e. The van der Waals surface area contributed by atoms with Crippen LogP contribution in [0.25, 0.3) is 0 Å². The van der Waals surface area contributed by atoms with Gasteiger partial charge < -0.3 is 5.32 Å². The second-order valence-corrected chi connectivity index (χ2v) is 5.82. The third-order valence-corrected chi connectivity index (χ3v) is 3.98. The number of hydrogen-bond donors (Lipinski definition) is 1. The van der Waals surface area contributed by atoms with E-state index in [4.69, 9.17) is 0 Å². The highest BCUT2D eigenvalue weighted by Crippen LogP contribution is 2.29. The van der Waals surface area contributed by atoms with Gasteiger partial charge in [-0.05, 0) is 42.8 Å². The summed E-state index contributed by atoms with van der Waals surface area (Å²) in [5, 5.41) is 14.0. The number of non-ortho nitro benzene ring substituents is 1. The van der Waals surface area contributed by atoms with Gasteiger partial charge in [-0.25, -0.2) is 0 Å². The highest BCUT2D eigenvalue weighted by atomic mass is 32.2. The fraction of sp³-hybridized carbons (Fsp3) is 0.250. The van der Waals surface area contributed by atoms with Gasteiger partial charge in [-0.15, -0.1) is 0 Å². The Morgan fingerprint density at radius 3 is 2.14 bits per heavy atom. The fourth-order valence-corrected chi connectivity index (χ4v) is 2.67. The van der Waals surface area contributed by atoms with Crippen molar-refractivity contribution in [3.63, 3.8) is 0 Å². The smallest absolute Gasteiger partial charge is 0.269 e. The fourth-order valence-electron chi connectivity index (χ4n) is 1.86. The molecule has 0 aromatic heterocycles. The van der Waals surface area contributed by atoms with E-state index in [-0.39, 0.29) is 10.6 Å². The van der Waals surface area contributed by atoms with E-state index in [1.165, 1.54) is 17.7 Å². The maximum absolute atomic E-state index is 10.6. The first-order chi connectivity index (χ1) is 10.2. The van der Waals surface area contributed by atoms with E-state index in [1.54, 1.807) is 23.9 Å². The van der Waals surface area contributed by atoms with Crippen molar-refractivity contribution in [3.8, 4) is 0 Å². The lowest BCUT2D eigenvalue weighted by Gasteiger charge is -2.05. The first-order valence-electron chi connectivity index (χ1n) is 6.91. The largest absolute Gasteiger partial charge is 0.313 e. The first-order valence-corrected chi connectivity index (χ1v) is 7.72. The molecule has 0 saturated carbocycles. The Hall–Kier alpha value is -1.85. The summed E-state index contributed by atoms with van der Waals surface area (Å²) < 4.78 is 0. The van der Waals surface area contributed by atoms with Crippen LogP contribution in [-0.4, -0.2) is 11.5 Å². The molecule has 0 fully saturated rings. The molecule has 0 heterocycles. The Bertz CT molecular complexity index is 582. The minimum atomic E-state index is -0.382. The third-order valence-electron chi connectivity index (χ3n) is 2.96. The summed E-state index contributed by atoms with van der Waals surface area (Å²) in [5.74, 6) is 0. The molecule has 110 valence electrons. The second kappa shape index (κ2) is 7.81. The summed E-state index contributed by atoms with van der Waals surface area (Å²) in [6, 6.07) is 15.0. The van der Waals surface area contributed by atoms with Gasteiger partial charge in [0.25, 0.3) is 5.69 Å². The van der Waals surface area contributed by atoms with Crippen molar-refractivity contribution < 1.29 is 4.92 Å². The monoisotopic (exact) mass is 302 g/mol. The average Bonchev–Trinajstić information content (AvgIpc) is 2.50. The standard InChI is InChI=1S/C16H18N2O2S/c1-2-11-17-12-13-3-7-15(8-4-13)21-16-9-5-14(6-10-16)18(19)20/h3-10,17H,2,11-12H2,1H3. The molecule has 2 aromatic carbocycles. The molecule has 0 amide bonds. The van der Waals surface area contributed by atoms with Crippen molar-refractivity contribution in [2.24, 2.45) is 0 Å². The number of nitro groups is 1. The number of nitrogens with one attached hydrogen (secondary N) is 1. The number of benzene rings is 2. The minimum Gasteiger partial charge on any atom is -0.313 e. The van der Waals surface area contributed by atoms with E-state index in [9.17, 15) is 10.1 Å². The van der Waals surface area contributed by atoms with Crippen molar-refractivity contribution >= 4 is 17.4 Å². The third kappa shape index (κ3) is 4.88. The van der Waals surface area contributed by atoms with Gasteiger partial charge in [0, 0.05) is 28.5 Å². The van der Waals surface area contributed by atoms with Crippen LogP contribution in [0.5, 0.6) is 0 Å². The molecular formula is C16H18N2O2S. The van der Waals surface area contributed by atoms with Crippen molar-refractivity contribution in [2.75, 3.05) is 6.54 Å². The van der Waals surface area contributed by atoms with E-state index in [0.717, 1.165) is 29.3 Å². The molecule has 1 N–H and O–H groups in total. The van der Waals surface area contributed by atoms with Crippen molar-refractivity contribution in [1.29, 1.82) is 0 Å². The van der Waals surface area contributed by atoms with Gasteiger partial charge >= 0.3 is 0 Å². The van der Waals surface area contributed by atoms with Gasteiger partial charge in [-0.3, -0.25) is 10.1 Å². The maximum atomic E-state index is 10.6. The summed E-state index contributed by atoms with van der Waals surface area (Å²) in [6.07, 6.45) is 1.13. The number of hydrogen-bond acceptors (Lipinski definition) is 4. The Labute approximate surface area is 128 Å². The van der Waals surface area contributed by atoms with Crippen LogP contribution in [0.15, 0.2) is 58.3 Å². The lowest BCUT2D eigenvalue weighted by atomic mass is 10.2. The first kappa shape index (κ1) is 15.5. The van der Waals surface area contributed by atoms with Crippen LogP contribution in [0.3, 0.4) is 0 Å². The summed E-state index contributed by atoms with van der Waals surface area (Å²) in [4.78, 5) is 12.4. The molecule has 0 saturated heterocycles. The molecule has 0 aliphatic carbocycles. The lowest BCUT2D eigenvalue weighted by Crippen LogP contribution is -2.13. The van der Waals surface area contributed by atoms with Gasteiger partial charge in [0.1, 0.15) is 0 Å². The predicted molar refractivity (Wildman–Crippen MR) is 85.7 cm³/mol. The van der Waals surface area contributed by atoms with Crippen molar-refractivity contribution in [2.45, 2.75) is 29.7 Å². The van der Waals surface area contributed by atoms with Crippen molar-refractivity contribution in [3.05, 3.63) is 64.2 Å². The molecule has 0 bridgehead atoms. The predicted octanol–water partition coefficient (Wildman–Crippen LogP) is 4.25. The van der Waals surface area contributed by atoms with Gasteiger partial charge in [0.2, 0.25) is 0 Å². The average molecular weight is 302 g/mol. The summed E-state index contributed by atoms with van der Waals surface area (Å²) >= 11 is 1.60. The summed E-state index contributed by atoms with van der Waals surface area (Å²) in [7, 11) is 0. The van der Waals surface area contributed by atoms with Crippen LogP contribution in [0.2, 0.25) is 0 Å². The van der Waals surface area contributed by atoms with Crippen LogP contribution in [0.1, 0.15) is 18.9 Å². The molecule has 4 nitrogen and oxygen atoms in total. The highest BCUT2D eigenvalue weighted by molar-refractivity contribution is 7.99. The molecule has 2 rings (SSSR count). The summed E-state index contributed by atoms with van der Waals surface area (Å²) in [6.45, 7) is 4.06. The molecule has 21 heavy (non-hydrogen) atoms. The van der Waals surface area contributed by atoms with E-state index in [0.29, 0.717) is 0 Å². The zero-order valence-electron chi connectivity index (χ0n) is 11.9. The molecule has 2 aromatic rings. The molecule has 5 heteroatoms. The molecule has 0 atom stereocenters. The molecular weight excluding hydrogens is 284 g/mol. The zero-order valence-corrected chi connectivity index (χ0v) is 12.7. The quantitative estimate of drug-likeness (QED) is 0.472. The van der Waals surface area contributed by atoms with E-state index in [1.807, 2.05) is 0 Å². The number of nitrogens with zero attached hydrogens (tertiary/aromatic N) is 1. The van der Waals surface area contributed by atoms with Crippen LogP contribution < -0.4 is 5.32 Å². The molecule has 0 radical (unpaired) electrons. The van der Waals surface area contributed by atoms with E-state index in [2.05, 4.69) is 36.5 Å². The molecule has 0 aliphatic rings. The van der Waals surface area contributed by atoms with Crippen molar-refractivity contribution in [1.82, 2.24) is 5.32 Å². The highest BCUT2D eigenvalue weighted by Gasteiger charge is 2.04. The van der Waals surface area contributed by atoms with Crippen LogP contribution in [0, 0.1) is 10.1 Å². The Morgan fingerprint density at radius 2 is 1.62 bits per heavy atom. The topological polar surface area (TPSA) is 55.2 Å². The van der Waals surface area contributed by atoms with Crippen LogP contribution >= 0.6 is 11.8 Å². The molecule has 0 aliphatic heterocycles. The normalized spacial score (nSPS) is 10.5. The van der Waals surface area contributed by atoms with E-state index < -0.39 is 0 Å². The summed E-state index contributed by atoms with van der Waals surface area (Å²) in [5.41, 5.74) is 1.38. The van der Waals surface area contributed by atoms with E-state index >= 15 is 0 Å². The molecule has 0 spiro atoms. The van der Waals surface area contributed by atoms with Gasteiger partial charge in [0.15, 0.2) is 0 Å². The van der Waals surface area contributed by atoms with Crippen LogP contribution in [-0.2, 0) is 6.54 Å². The zero-order chi connectivity index (χ0) is 15.1. The molecule has 0 unspecified atom stereocenters. The minimum absolute atomic E-state index is 0.122. The second-order valence-electron chi connectivity index (χ2n) is 4.67. The Balaban J connectivity index is 1.94. The van der Waals surface area contributed by atoms with Gasteiger partial charge in [0.05, 0.1) is 4.92 Å². The van der Waals surface area contributed by atoms with Gasteiger partial charge in [-0.1, -0.05) is 30.8 Å². The van der Waals surface area contributed by atoms with Gasteiger partial charge in [-0.2, -0.15) is 0 Å². The van der Waals surface area contributed by atoms with Crippen LogP contribution in [0.4, 0.5) is 5.69 Å². The Morgan fingerprint density at radius 1 is 1.05 bits per heavy atom. The Kier molecular flexibility index (Phi) is 5.78. The SMILES string of the molecule is CCCNCc1ccc(Sc2ccc([N+](=O)[O-])cc2)cc1. The number of rotatable bonds is 7. The number of nitro benzene ring substituents is 1.